The van der Waals surface area contributed by atoms with Crippen molar-refractivity contribution in [3.8, 4) is 11.5 Å². The predicted molar refractivity (Wildman–Crippen MR) is 121 cm³/mol. The Kier molecular flexibility index (Phi) is 6.34. The molecule has 0 atom stereocenters. The first-order valence-corrected chi connectivity index (χ1v) is 9.60. The molecule has 2 aromatic carbocycles. The molecule has 0 bridgehead atoms. The molecule has 7 nitrogen and oxygen atoms in total. The summed E-state index contributed by atoms with van der Waals surface area (Å²) in [5.74, 6) is 0.312. The molecule has 0 radical (unpaired) electrons. The van der Waals surface area contributed by atoms with Crippen LogP contribution in [0.5, 0.6) is 0 Å². The number of fused-ring (bicyclic) bond motifs is 2. The molecule has 2 aliphatic rings. The number of benzene rings is 2. The summed E-state index contributed by atoms with van der Waals surface area (Å²) in [5, 5.41) is 3.42. The summed E-state index contributed by atoms with van der Waals surface area (Å²) in [4.78, 5) is 34.9. The van der Waals surface area contributed by atoms with E-state index in [0.29, 0.717) is 24.4 Å². The number of aromatic amines is 1. The van der Waals surface area contributed by atoms with E-state index < -0.39 is 11.2 Å². The molecule has 0 saturated carbocycles. The van der Waals surface area contributed by atoms with Gasteiger partial charge in [-0.05, 0) is 49.6 Å². The van der Waals surface area contributed by atoms with Crippen LogP contribution in [0.25, 0.3) is 22.6 Å². The van der Waals surface area contributed by atoms with Gasteiger partial charge in [0, 0.05) is 19.6 Å². The van der Waals surface area contributed by atoms with Crippen LogP contribution in [0.1, 0.15) is 22.3 Å². The van der Waals surface area contributed by atoms with Gasteiger partial charge >= 0.3 is 5.69 Å². The lowest BCUT2D eigenvalue weighted by molar-refractivity contribution is 0.603. The van der Waals surface area contributed by atoms with Gasteiger partial charge in [-0.3, -0.25) is 9.78 Å². The first-order valence-electron chi connectivity index (χ1n) is 9.60. The first-order chi connectivity index (χ1) is 13.9. The van der Waals surface area contributed by atoms with E-state index >= 15 is 0 Å². The molecule has 0 saturated heterocycles. The molecule has 156 valence electrons. The zero-order valence-electron chi connectivity index (χ0n) is 17.2. The Balaban J connectivity index is 0.00000256. The Bertz CT molecular complexity index is 1280. The summed E-state index contributed by atoms with van der Waals surface area (Å²) in [6.45, 7) is 8.06. The SMILES string of the molecule is Cc1ccc(CNCCn2c3nc(=O)[nH]c(=O)c-3nc3cc(C)c(C)cc32)cc1.Cl. The van der Waals surface area contributed by atoms with Crippen LogP contribution in [0.2, 0.25) is 0 Å². The largest absolute Gasteiger partial charge is 0.349 e. The van der Waals surface area contributed by atoms with Crippen molar-refractivity contribution in [1.29, 1.82) is 0 Å². The monoisotopic (exact) mass is 425 g/mol. The van der Waals surface area contributed by atoms with Crippen LogP contribution in [0.3, 0.4) is 0 Å². The average Bonchev–Trinajstić information content (AvgIpc) is 2.68. The number of halogens is 1. The van der Waals surface area contributed by atoms with Gasteiger partial charge in [-0.2, -0.15) is 4.98 Å². The Morgan fingerprint density at radius 3 is 2.43 bits per heavy atom. The van der Waals surface area contributed by atoms with E-state index in [9.17, 15) is 9.59 Å². The van der Waals surface area contributed by atoms with Crippen LogP contribution in [-0.4, -0.2) is 26.1 Å². The van der Waals surface area contributed by atoms with E-state index in [4.69, 9.17) is 0 Å². The van der Waals surface area contributed by atoms with Gasteiger partial charge in [-0.1, -0.05) is 29.8 Å². The van der Waals surface area contributed by atoms with Crippen molar-refractivity contribution in [2.45, 2.75) is 33.9 Å². The molecule has 2 N–H and O–H groups in total. The van der Waals surface area contributed by atoms with Gasteiger partial charge in [-0.25, -0.2) is 9.78 Å². The highest BCUT2D eigenvalue weighted by molar-refractivity contribution is 5.85. The Labute approximate surface area is 180 Å². The van der Waals surface area contributed by atoms with Crippen LogP contribution >= 0.6 is 12.4 Å². The molecule has 0 spiro atoms. The van der Waals surface area contributed by atoms with Crippen molar-refractivity contribution in [3.63, 3.8) is 0 Å². The van der Waals surface area contributed by atoms with Crippen LogP contribution in [-0.2, 0) is 13.1 Å². The van der Waals surface area contributed by atoms with Crippen molar-refractivity contribution in [3.05, 3.63) is 79.5 Å². The van der Waals surface area contributed by atoms with Gasteiger partial charge in [0.05, 0.1) is 11.0 Å². The molecule has 8 heteroatoms. The summed E-state index contributed by atoms with van der Waals surface area (Å²) < 4.78 is 1.91. The Morgan fingerprint density at radius 2 is 1.70 bits per heavy atom. The van der Waals surface area contributed by atoms with Crippen molar-refractivity contribution < 1.29 is 0 Å². The summed E-state index contributed by atoms with van der Waals surface area (Å²) >= 11 is 0. The van der Waals surface area contributed by atoms with E-state index in [-0.39, 0.29) is 18.1 Å². The topological polar surface area (TPSA) is 92.7 Å². The minimum Gasteiger partial charge on any atom is -0.321 e. The number of H-pyrrole nitrogens is 1. The van der Waals surface area contributed by atoms with Gasteiger partial charge in [0.25, 0.3) is 5.56 Å². The lowest BCUT2D eigenvalue weighted by atomic mass is 10.1. The molecule has 4 rings (SSSR count). The van der Waals surface area contributed by atoms with E-state index in [2.05, 4.69) is 51.5 Å². The van der Waals surface area contributed by atoms with Crippen molar-refractivity contribution in [1.82, 2.24) is 24.8 Å². The fraction of sp³-hybridized carbons (Fsp3) is 0.273. The normalized spacial score (nSPS) is 11.0. The highest BCUT2D eigenvalue weighted by Gasteiger charge is 2.18. The van der Waals surface area contributed by atoms with Gasteiger partial charge in [0.2, 0.25) is 0 Å². The minimum atomic E-state index is -0.658. The van der Waals surface area contributed by atoms with E-state index in [1.807, 2.05) is 30.5 Å². The number of aromatic nitrogens is 4. The number of nitrogens with zero attached hydrogens (tertiary/aromatic N) is 3. The fourth-order valence-electron chi connectivity index (χ4n) is 3.41. The molecule has 2 aliphatic heterocycles. The third-order valence-corrected chi connectivity index (χ3v) is 5.19. The molecule has 2 heterocycles. The third kappa shape index (κ3) is 4.27. The second-order valence-corrected chi connectivity index (χ2v) is 7.39. The van der Waals surface area contributed by atoms with Crippen molar-refractivity contribution in [2.75, 3.05) is 6.54 Å². The third-order valence-electron chi connectivity index (χ3n) is 5.19. The van der Waals surface area contributed by atoms with Crippen LogP contribution in [0.4, 0.5) is 0 Å². The van der Waals surface area contributed by atoms with Crippen LogP contribution in [0, 0.1) is 20.8 Å². The van der Waals surface area contributed by atoms with Gasteiger partial charge < -0.3 is 9.88 Å². The zero-order valence-corrected chi connectivity index (χ0v) is 18.0. The maximum absolute atomic E-state index is 12.3. The molecule has 0 aromatic heterocycles. The predicted octanol–water partition coefficient (Wildman–Crippen LogP) is 2.72. The van der Waals surface area contributed by atoms with Gasteiger partial charge in [-0.15, -0.1) is 12.4 Å². The first kappa shape index (κ1) is 21.7. The second-order valence-electron chi connectivity index (χ2n) is 7.39. The van der Waals surface area contributed by atoms with Crippen molar-refractivity contribution >= 4 is 23.4 Å². The second kappa shape index (κ2) is 8.77. The highest BCUT2D eigenvalue weighted by Crippen LogP contribution is 2.23. The smallest absolute Gasteiger partial charge is 0.321 e. The van der Waals surface area contributed by atoms with Crippen molar-refractivity contribution in [2.24, 2.45) is 0 Å². The van der Waals surface area contributed by atoms with E-state index in [1.54, 1.807) is 0 Å². The number of rotatable bonds is 5. The summed E-state index contributed by atoms with van der Waals surface area (Å²) in [6.07, 6.45) is 0. The minimum absolute atomic E-state index is 0. The Morgan fingerprint density at radius 1 is 1.00 bits per heavy atom. The molecule has 0 aliphatic carbocycles. The molecule has 0 fully saturated rings. The summed E-state index contributed by atoms with van der Waals surface area (Å²) in [7, 11) is 0. The molecule has 30 heavy (non-hydrogen) atoms. The summed E-state index contributed by atoms with van der Waals surface area (Å²) in [5.41, 5.74) is 5.22. The number of nitrogens with one attached hydrogen (secondary N) is 2. The molecule has 2 aromatic rings. The quantitative estimate of drug-likeness (QED) is 0.379. The van der Waals surface area contributed by atoms with Gasteiger partial charge in [0.15, 0.2) is 11.5 Å². The molecule has 0 unspecified atom stereocenters. The maximum atomic E-state index is 12.3. The average molecular weight is 426 g/mol. The fourth-order valence-corrected chi connectivity index (χ4v) is 3.41. The molecular weight excluding hydrogens is 402 g/mol. The van der Waals surface area contributed by atoms with E-state index in [1.165, 1.54) is 11.1 Å². The standard InChI is InChI=1S/C22H23N5O2.ClH/c1-13-4-6-16(7-5-13)12-23-8-9-27-18-11-15(3)14(2)10-17(18)24-19-20(27)25-22(29)26-21(19)28;/h4-7,10-11,23H,8-9,12H2,1-3H3,(H,26,28,29);1H. The lowest BCUT2D eigenvalue weighted by Crippen LogP contribution is -2.30. The van der Waals surface area contributed by atoms with Crippen LogP contribution < -0.4 is 16.6 Å². The summed E-state index contributed by atoms with van der Waals surface area (Å²) in [6, 6.07) is 12.4. The molecule has 0 amide bonds. The zero-order chi connectivity index (χ0) is 20.5. The van der Waals surface area contributed by atoms with E-state index in [0.717, 1.165) is 23.2 Å². The van der Waals surface area contributed by atoms with Gasteiger partial charge in [0.1, 0.15) is 0 Å². The van der Waals surface area contributed by atoms with Crippen LogP contribution in [0.15, 0.2) is 46.0 Å². The molecular formula is C22H24ClN5O2. The lowest BCUT2D eigenvalue weighted by Gasteiger charge is -2.18. The number of hydrogen-bond donors (Lipinski definition) is 2. The maximum Gasteiger partial charge on any atom is 0.349 e. The highest BCUT2D eigenvalue weighted by atomic mass is 35.5. The number of aryl methyl sites for hydroxylation is 3. The number of hydrogen-bond acceptors (Lipinski definition) is 5. The Hall–Kier alpha value is -3.03.